The maximum absolute atomic E-state index is 6.04. The Bertz CT molecular complexity index is 610. The summed E-state index contributed by atoms with van der Waals surface area (Å²) in [6, 6.07) is 8.79. The van der Waals surface area contributed by atoms with Crippen LogP contribution in [0.3, 0.4) is 0 Å². The summed E-state index contributed by atoms with van der Waals surface area (Å²) in [7, 11) is 0. The van der Waals surface area contributed by atoms with Crippen LogP contribution in [0.4, 0.5) is 11.4 Å². The first-order chi connectivity index (χ1) is 9.70. The molecular weight excluding hydrogens is 248 g/mol. The monoisotopic (exact) mass is 270 g/mol. The SMILES string of the molecule is CCN1CCN(c2ccc(N)c3ncccc23)CC1C. The highest BCUT2D eigenvalue weighted by Gasteiger charge is 2.23. The van der Waals surface area contributed by atoms with Crippen LogP contribution >= 0.6 is 0 Å². The third kappa shape index (κ3) is 2.20. The number of hydrogen-bond donors (Lipinski definition) is 1. The first kappa shape index (κ1) is 13.2. The molecule has 1 saturated heterocycles. The van der Waals surface area contributed by atoms with Crippen LogP contribution in [0.2, 0.25) is 0 Å². The Kier molecular flexibility index (Phi) is 3.49. The second-order valence-electron chi connectivity index (χ2n) is 5.50. The lowest BCUT2D eigenvalue weighted by Gasteiger charge is -2.40. The van der Waals surface area contributed by atoms with Crippen LogP contribution in [-0.2, 0) is 0 Å². The lowest BCUT2D eigenvalue weighted by molar-refractivity contribution is 0.200. The van der Waals surface area contributed by atoms with Gasteiger partial charge in [-0.2, -0.15) is 0 Å². The van der Waals surface area contributed by atoms with E-state index in [0.717, 1.165) is 42.8 Å². The molecule has 1 aliphatic rings. The van der Waals surface area contributed by atoms with E-state index in [2.05, 4.69) is 40.8 Å². The fourth-order valence-corrected chi connectivity index (χ4v) is 3.14. The minimum atomic E-state index is 0.582. The van der Waals surface area contributed by atoms with Crippen molar-refractivity contribution in [2.45, 2.75) is 19.9 Å². The zero-order chi connectivity index (χ0) is 14.1. The molecule has 0 radical (unpaired) electrons. The Morgan fingerprint density at radius 1 is 1.30 bits per heavy atom. The fraction of sp³-hybridized carbons (Fsp3) is 0.438. The highest BCUT2D eigenvalue weighted by atomic mass is 15.3. The quantitative estimate of drug-likeness (QED) is 0.851. The number of piperazine rings is 1. The van der Waals surface area contributed by atoms with Gasteiger partial charge in [0.1, 0.15) is 0 Å². The summed E-state index contributed by atoms with van der Waals surface area (Å²) in [5.41, 5.74) is 8.96. The van der Waals surface area contributed by atoms with Crippen molar-refractivity contribution in [1.29, 1.82) is 0 Å². The Labute approximate surface area is 120 Å². The average Bonchev–Trinajstić information content (AvgIpc) is 2.48. The van der Waals surface area contributed by atoms with Gasteiger partial charge in [0.2, 0.25) is 0 Å². The number of aromatic nitrogens is 1. The molecule has 20 heavy (non-hydrogen) atoms. The van der Waals surface area contributed by atoms with E-state index in [9.17, 15) is 0 Å². The van der Waals surface area contributed by atoms with E-state index in [1.54, 1.807) is 6.20 Å². The second kappa shape index (κ2) is 5.29. The summed E-state index contributed by atoms with van der Waals surface area (Å²) >= 11 is 0. The summed E-state index contributed by atoms with van der Waals surface area (Å²) in [5.74, 6) is 0. The summed E-state index contributed by atoms with van der Waals surface area (Å²) in [6.45, 7) is 8.89. The van der Waals surface area contributed by atoms with Gasteiger partial charge in [0.25, 0.3) is 0 Å². The highest BCUT2D eigenvalue weighted by Crippen LogP contribution is 2.30. The number of likely N-dealkylation sites (N-methyl/N-ethyl adjacent to an activating group) is 1. The van der Waals surface area contributed by atoms with Gasteiger partial charge < -0.3 is 10.6 Å². The van der Waals surface area contributed by atoms with Crippen LogP contribution in [0, 0.1) is 0 Å². The first-order valence-electron chi connectivity index (χ1n) is 7.33. The molecule has 0 bridgehead atoms. The molecule has 0 spiro atoms. The normalized spacial score (nSPS) is 20.5. The van der Waals surface area contributed by atoms with Crippen molar-refractivity contribution in [1.82, 2.24) is 9.88 Å². The van der Waals surface area contributed by atoms with Gasteiger partial charge >= 0.3 is 0 Å². The molecule has 1 atom stereocenters. The molecule has 4 nitrogen and oxygen atoms in total. The standard InChI is InChI=1S/C16H22N4/c1-3-19-9-10-20(11-12(19)2)15-7-6-14(17)16-13(15)5-4-8-18-16/h4-8,12H,3,9-11,17H2,1-2H3. The van der Waals surface area contributed by atoms with E-state index in [0.29, 0.717) is 6.04 Å². The zero-order valence-corrected chi connectivity index (χ0v) is 12.2. The van der Waals surface area contributed by atoms with Crippen LogP contribution in [0.25, 0.3) is 10.9 Å². The van der Waals surface area contributed by atoms with Crippen LogP contribution < -0.4 is 10.6 Å². The molecule has 1 aliphatic heterocycles. The van der Waals surface area contributed by atoms with Crippen LogP contribution in [-0.4, -0.2) is 42.1 Å². The van der Waals surface area contributed by atoms with Crippen molar-refractivity contribution in [3.8, 4) is 0 Å². The number of nitrogen functional groups attached to an aromatic ring is 1. The zero-order valence-electron chi connectivity index (χ0n) is 12.2. The molecule has 1 aromatic heterocycles. The van der Waals surface area contributed by atoms with Crippen molar-refractivity contribution in [2.75, 3.05) is 36.8 Å². The van der Waals surface area contributed by atoms with E-state index in [1.165, 1.54) is 5.69 Å². The molecular formula is C16H22N4. The average molecular weight is 270 g/mol. The van der Waals surface area contributed by atoms with E-state index in [-0.39, 0.29) is 0 Å². The van der Waals surface area contributed by atoms with Gasteiger partial charge in [0.15, 0.2) is 0 Å². The lowest BCUT2D eigenvalue weighted by Crippen LogP contribution is -2.51. The van der Waals surface area contributed by atoms with Crippen LogP contribution in [0.5, 0.6) is 0 Å². The number of pyridine rings is 1. The van der Waals surface area contributed by atoms with Crippen LogP contribution in [0.15, 0.2) is 30.5 Å². The smallest absolute Gasteiger partial charge is 0.0951 e. The van der Waals surface area contributed by atoms with Gasteiger partial charge in [-0.05, 0) is 37.7 Å². The highest BCUT2D eigenvalue weighted by molar-refractivity contribution is 5.98. The molecule has 1 unspecified atom stereocenters. The molecule has 2 aromatic rings. The topological polar surface area (TPSA) is 45.4 Å². The predicted molar refractivity (Wildman–Crippen MR) is 85.1 cm³/mol. The van der Waals surface area contributed by atoms with Crippen molar-refractivity contribution in [3.05, 3.63) is 30.5 Å². The molecule has 3 rings (SSSR count). The molecule has 0 amide bonds. The number of nitrogens with zero attached hydrogens (tertiary/aromatic N) is 3. The number of hydrogen-bond acceptors (Lipinski definition) is 4. The Balaban J connectivity index is 1.97. The summed E-state index contributed by atoms with van der Waals surface area (Å²) in [4.78, 5) is 9.40. The maximum Gasteiger partial charge on any atom is 0.0951 e. The minimum absolute atomic E-state index is 0.582. The molecule has 0 aliphatic carbocycles. The van der Waals surface area contributed by atoms with Gasteiger partial charge in [-0.15, -0.1) is 0 Å². The molecule has 1 fully saturated rings. The summed E-state index contributed by atoms with van der Waals surface area (Å²) in [5, 5.41) is 1.16. The minimum Gasteiger partial charge on any atom is -0.397 e. The van der Waals surface area contributed by atoms with E-state index in [1.807, 2.05) is 12.1 Å². The fourth-order valence-electron chi connectivity index (χ4n) is 3.14. The molecule has 106 valence electrons. The second-order valence-corrected chi connectivity index (χ2v) is 5.50. The van der Waals surface area contributed by atoms with E-state index < -0.39 is 0 Å². The summed E-state index contributed by atoms with van der Waals surface area (Å²) in [6.07, 6.45) is 1.81. The van der Waals surface area contributed by atoms with Gasteiger partial charge in [-0.3, -0.25) is 9.88 Å². The first-order valence-corrected chi connectivity index (χ1v) is 7.33. The Morgan fingerprint density at radius 3 is 2.90 bits per heavy atom. The van der Waals surface area contributed by atoms with Crippen molar-refractivity contribution < 1.29 is 0 Å². The van der Waals surface area contributed by atoms with Gasteiger partial charge in [0, 0.05) is 42.9 Å². The van der Waals surface area contributed by atoms with Crippen molar-refractivity contribution >= 4 is 22.3 Å². The predicted octanol–water partition coefficient (Wildman–Crippen LogP) is 2.35. The maximum atomic E-state index is 6.04. The van der Waals surface area contributed by atoms with Gasteiger partial charge in [0.05, 0.1) is 11.2 Å². The third-order valence-corrected chi connectivity index (χ3v) is 4.29. The number of rotatable bonds is 2. The number of benzene rings is 1. The molecule has 2 heterocycles. The number of fused-ring (bicyclic) bond motifs is 1. The van der Waals surface area contributed by atoms with Crippen LogP contribution in [0.1, 0.15) is 13.8 Å². The Hall–Kier alpha value is -1.81. The molecule has 1 aromatic carbocycles. The lowest BCUT2D eigenvalue weighted by atomic mass is 10.1. The van der Waals surface area contributed by atoms with Crippen molar-refractivity contribution in [2.24, 2.45) is 0 Å². The number of nitrogens with two attached hydrogens (primary N) is 1. The van der Waals surface area contributed by atoms with Crippen molar-refractivity contribution in [3.63, 3.8) is 0 Å². The molecule has 2 N–H and O–H groups in total. The molecule has 4 heteroatoms. The van der Waals surface area contributed by atoms with E-state index in [4.69, 9.17) is 5.73 Å². The summed E-state index contributed by atoms with van der Waals surface area (Å²) < 4.78 is 0. The van der Waals surface area contributed by atoms with Gasteiger partial charge in [-0.1, -0.05) is 6.92 Å². The van der Waals surface area contributed by atoms with E-state index >= 15 is 0 Å². The Morgan fingerprint density at radius 2 is 2.15 bits per heavy atom. The largest absolute Gasteiger partial charge is 0.397 e. The van der Waals surface area contributed by atoms with Gasteiger partial charge in [-0.25, -0.2) is 0 Å². The molecule has 0 saturated carbocycles. The number of anilines is 2. The third-order valence-electron chi connectivity index (χ3n) is 4.29.